The number of amides is 1. The Morgan fingerprint density at radius 3 is 2.12 bits per heavy atom. The van der Waals surface area contributed by atoms with E-state index in [0.29, 0.717) is 12.3 Å². The average Bonchev–Trinajstić information content (AvgIpc) is 2.21. The average molecular weight is 227 g/mol. The predicted octanol–water partition coefficient (Wildman–Crippen LogP) is 3.90. The summed E-state index contributed by atoms with van der Waals surface area (Å²) in [6.45, 7) is 7.25. The van der Waals surface area contributed by atoms with Crippen LogP contribution in [0.2, 0.25) is 0 Å². The van der Waals surface area contributed by atoms with Crippen molar-refractivity contribution in [2.75, 3.05) is 6.54 Å². The van der Waals surface area contributed by atoms with Gasteiger partial charge in [0.05, 0.1) is 0 Å². The monoisotopic (exact) mass is 227 g/mol. The van der Waals surface area contributed by atoms with Crippen LogP contribution in [0.1, 0.15) is 72.1 Å². The Morgan fingerprint density at radius 1 is 1.00 bits per heavy atom. The van der Waals surface area contributed by atoms with Gasteiger partial charge in [-0.05, 0) is 12.3 Å². The highest BCUT2D eigenvalue weighted by molar-refractivity contribution is 5.75. The highest BCUT2D eigenvalue weighted by Crippen LogP contribution is 2.06. The van der Waals surface area contributed by atoms with Crippen LogP contribution in [-0.4, -0.2) is 12.5 Å². The first-order chi connectivity index (χ1) is 7.66. The Bertz CT molecular complexity index is 166. The second kappa shape index (κ2) is 11.0. The molecular formula is C14H29NO. The smallest absolute Gasteiger partial charge is 0.220 e. The second-order valence-corrected chi connectivity index (χ2v) is 5.07. The summed E-state index contributed by atoms with van der Waals surface area (Å²) in [6, 6.07) is 0. The van der Waals surface area contributed by atoms with Gasteiger partial charge in [-0.1, -0.05) is 59.3 Å². The number of carbonyl (C=O) groups excluding carboxylic acids is 1. The summed E-state index contributed by atoms with van der Waals surface area (Å²) in [7, 11) is 0. The van der Waals surface area contributed by atoms with Crippen LogP contribution in [0.15, 0.2) is 0 Å². The second-order valence-electron chi connectivity index (χ2n) is 5.07. The van der Waals surface area contributed by atoms with Crippen molar-refractivity contribution in [1.29, 1.82) is 0 Å². The molecule has 0 aliphatic heterocycles. The minimum atomic E-state index is 0.209. The molecule has 0 atom stereocenters. The first-order valence-electron chi connectivity index (χ1n) is 6.93. The molecule has 0 unspecified atom stereocenters. The van der Waals surface area contributed by atoms with Gasteiger partial charge in [-0.2, -0.15) is 0 Å². The zero-order valence-electron chi connectivity index (χ0n) is 11.3. The van der Waals surface area contributed by atoms with Gasteiger partial charge in [0.1, 0.15) is 0 Å². The topological polar surface area (TPSA) is 29.1 Å². The van der Waals surface area contributed by atoms with Crippen LogP contribution < -0.4 is 5.32 Å². The van der Waals surface area contributed by atoms with Crippen molar-refractivity contribution in [3.05, 3.63) is 0 Å². The maximum atomic E-state index is 11.3. The molecule has 0 fully saturated rings. The van der Waals surface area contributed by atoms with Crippen molar-refractivity contribution in [3.63, 3.8) is 0 Å². The zero-order valence-corrected chi connectivity index (χ0v) is 11.3. The van der Waals surface area contributed by atoms with Gasteiger partial charge >= 0.3 is 0 Å². The van der Waals surface area contributed by atoms with Gasteiger partial charge in [0.15, 0.2) is 0 Å². The lowest BCUT2D eigenvalue weighted by atomic mass is 10.1. The first-order valence-corrected chi connectivity index (χ1v) is 6.93. The Balaban J connectivity index is 3.11. The molecule has 1 N–H and O–H groups in total. The van der Waals surface area contributed by atoms with E-state index in [2.05, 4.69) is 26.1 Å². The Kier molecular flexibility index (Phi) is 10.6. The molecule has 0 aliphatic rings. The highest BCUT2D eigenvalue weighted by atomic mass is 16.1. The Morgan fingerprint density at radius 2 is 1.56 bits per heavy atom. The van der Waals surface area contributed by atoms with Gasteiger partial charge in [-0.3, -0.25) is 4.79 Å². The van der Waals surface area contributed by atoms with Gasteiger partial charge in [0, 0.05) is 13.0 Å². The summed E-state index contributed by atoms with van der Waals surface area (Å²) in [4.78, 5) is 11.3. The van der Waals surface area contributed by atoms with E-state index < -0.39 is 0 Å². The van der Waals surface area contributed by atoms with E-state index in [1.165, 1.54) is 38.5 Å². The third-order valence-electron chi connectivity index (χ3n) is 2.70. The quantitative estimate of drug-likeness (QED) is 0.563. The maximum absolute atomic E-state index is 11.3. The largest absolute Gasteiger partial charge is 0.356 e. The zero-order chi connectivity index (χ0) is 12.2. The van der Waals surface area contributed by atoms with Crippen molar-refractivity contribution >= 4 is 5.91 Å². The molecule has 0 saturated carbocycles. The molecule has 0 radical (unpaired) electrons. The number of hydrogen-bond acceptors (Lipinski definition) is 1. The van der Waals surface area contributed by atoms with Crippen molar-refractivity contribution in [2.24, 2.45) is 5.92 Å². The molecule has 96 valence electrons. The van der Waals surface area contributed by atoms with Crippen LogP contribution in [0, 0.1) is 5.92 Å². The molecule has 0 aliphatic carbocycles. The third kappa shape index (κ3) is 11.5. The van der Waals surface area contributed by atoms with Crippen molar-refractivity contribution in [2.45, 2.75) is 72.1 Å². The van der Waals surface area contributed by atoms with Gasteiger partial charge in [-0.25, -0.2) is 0 Å². The van der Waals surface area contributed by atoms with E-state index in [4.69, 9.17) is 0 Å². The lowest BCUT2D eigenvalue weighted by molar-refractivity contribution is -0.121. The minimum Gasteiger partial charge on any atom is -0.356 e. The lowest BCUT2D eigenvalue weighted by Crippen LogP contribution is -2.25. The van der Waals surface area contributed by atoms with Crippen molar-refractivity contribution < 1.29 is 4.79 Å². The fourth-order valence-electron chi connectivity index (χ4n) is 1.75. The van der Waals surface area contributed by atoms with E-state index in [9.17, 15) is 4.79 Å². The van der Waals surface area contributed by atoms with Gasteiger partial charge in [-0.15, -0.1) is 0 Å². The molecule has 0 rings (SSSR count). The highest BCUT2D eigenvalue weighted by Gasteiger charge is 2.02. The number of rotatable bonds is 10. The standard InChI is InChI=1S/C14H29NO/c1-4-5-6-7-8-9-10-11-15-14(16)12-13(2)3/h13H,4-12H2,1-3H3,(H,15,16). The fourth-order valence-corrected chi connectivity index (χ4v) is 1.75. The van der Waals surface area contributed by atoms with Crippen LogP contribution in [0.25, 0.3) is 0 Å². The van der Waals surface area contributed by atoms with E-state index in [1.54, 1.807) is 0 Å². The van der Waals surface area contributed by atoms with Crippen LogP contribution in [-0.2, 0) is 4.79 Å². The molecule has 0 spiro atoms. The van der Waals surface area contributed by atoms with E-state index in [0.717, 1.165) is 13.0 Å². The molecule has 0 aromatic carbocycles. The third-order valence-corrected chi connectivity index (χ3v) is 2.70. The van der Waals surface area contributed by atoms with Gasteiger partial charge in [0.2, 0.25) is 5.91 Å². The van der Waals surface area contributed by atoms with E-state index in [-0.39, 0.29) is 5.91 Å². The summed E-state index contributed by atoms with van der Waals surface area (Å²) in [5, 5.41) is 2.98. The van der Waals surface area contributed by atoms with Crippen molar-refractivity contribution in [1.82, 2.24) is 5.32 Å². The van der Waals surface area contributed by atoms with Crippen molar-refractivity contribution in [3.8, 4) is 0 Å². The molecule has 2 heteroatoms. The summed E-state index contributed by atoms with van der Waals surface area (Å²) < 4.78 is 0. The Hall–Kier alpha value is -0.530. The molecule has 0 aromatic heterocycles. The molecule has 0 saturated heterocycles. The number of unbranched alkanes of at least 4 members (excludes halogenated alkanes) is 6. The van der Waals surface area contributed by atoms with Crippen LogP contribution >= 0.6 is 0 Å². The number of nitrogens with one attached hydrogen (secondary N) is 1. The number of carbonyl (C=O) groups is 1. The van der Waals surface area contributed by atoms with Gasteiger partial charge in [0.25, 0.3) is 0 Å². The Labute approximate surface area is 101 Å². The lowest BCUT2D eigenvalue weighted by Gasteiger charge is -2.06. The molecule has 0 aromatic rings. The fraction of sp³-hybridized carbons (Fsp3) is 0.929. The van der Waals surface area contributed by atoms with Crippen LogP contribution in [0.3, 0.4) is 0 Å². The first kappa shape index (κ1) is 15.5. The predicted molar refractivity (Wildman–Crippen MR) is 70.5 cm³/mol. The van der Waals surface area contributed by atoms with Crippen LogP contribution in [0.4, 0.5) is 0 Å². The maximum Gasteiger partial charge on any atom is 0.220 e. The molecular weight excluding hydrogens is 198 g/mol. The SMILES string of the molecule is CCCCCCCCCNC(=O)CC(C)C. The van der Waals surface area contributed by atoms with Crippen LogP contribution in [0.5, 0.6) is 0 Å². The molecule has 0 heterocycles. The molecule has 1 amide bonds. The molecule has 16 heavy (non-hydrogen) atoms. The number of hydrogen-bond donors (Lipinski definition) is 1. The van der Waals surface area contributed by atoms with E-state index >= 15 is 0 Å². The summed E-state index contributed by atoms with van der Waals surface area (Å²) >= 11 is 0. The summed E-state index contributed by atoms with van der Waals surface area (Å²) in [5.74, 6) is 0.676. The summed E-state index contributed by atoms with van der Waals surface area (Å²) in [5.41, 5.74) is 0. The minimum absolute atomic E-state index is 0.209. The van der Waals surface area contributed by atoms with E-state index in [1.807, 2.05) is 0 Å². The van der Waals surface area contributed by atoms with Gasteiger partial charge < -0.3 is 5.32 Å². The molecule has 0 bridgehead atoms. The molecule has 2 nitrogen and oxygen atoms in total. The summed E-state index contributed by atoms with van der Waals surface area (Å²) in [6.07, 6.45) is 9.78. The normalized spacial score (nSPS) is 10.8.